The number of piperidine rings is 1. The molecule has 3 heterocycles. The van der Waals surface area contributed by atoms with Crippen LogP contribution in [-0.4, -0.2) is 41.4 Å². The van der Waals surface area contributed by atoms with Crippen molar-refractivity contribution in [2.45, 2.75) is 26.7 Å². The summed E-state index contributed by atoms with van der Waals surface area (Å²) in [5, 5.41) is 3.57. The fourth-order valence-electron chi connectivity index (χ4n) is 3.70. The number of nitrogens with zero attached hydrogens (tertiary/aromatic N) is 2. The monoisotopic (exact) mass is 439 g/mol. The van der Waals surface area contributed by atoms with Crippen LogP contribution in [0.25, 0.3) is 11.3 Å². The Hall–Kier alpha value is -3.13. The lowest BCUT2D eigenvalue weighted by Crippen LogP contribution is -2.41. The molecule has 31 heavy (non-hydrogen) atoms. The van der Waals surface area contributed by atoms with Crippen LogP contribution < -0.4 is 10.1 Å². The molecule has 0 spiro atoms. The molecule has 0 unspecified atom stereocenters. The van der Waals surface area contributed by atoms with Crippen molar-refractivity contribution in [2.75, 3.05) is 25.0 Å². The number of aryl methyl sites for hydroxylation is 1. The van der Waals surface area contributed by atoms with Crippen molar-refractivity contribution in [3.63, 3.8) is 0 Å². The van der Waals surface area contributed by atoms with Gasteiger partial charge in [-0.05, 0) is 63.1 Å². The van der Waals surface area contributed by atoms with Crippen molar-refractivity contribution in [1.29, 1.82) is 0 Å². The smallest absolute Gasteiger partial charge is 0.289 e. The number of rotatable bonds is 6. The van der Waals surface area contributed by atoms with Gasteiger partial charge < -0.3 is 19.4 Å². The van der Waals surface area contributed by atoms with Crippen LogP contribution in [0, 0.1) is 12.8 Å². The molecular formula is C23H25N3O4S. The lowest BCUT2D eigenvalue weighted by molar-refractivity contribution is -0.121. The number of aromatic nitrogens is 1. The first-order valence-corrected chi connectivity index (χ1v) is 11.2. The Morgan fingerprint density at radius 3 is 2.61 bits per heavy atom. The maximum atomic E-state index is 12.8. The Morgan fingerprint density at radius 2 is 1.97 bits per heavy atom. The molecule has 1 aliphatic rings. The molecule has 1 N–H and O–H groups in total. The van der Waals surface area contributed by atoms with E-state index in [4.69, 9.17) is 9.15 Å². The Morgan fingerprint density at radius 1 is 1.23 bits per heavy atom. The zero-order chi connectivity index (χ0) is 21.8. The van der Waals surface area contributed by atoms with E-state index >= 15 is 0 Å². The molecule has 2 amide bonds. The number of amides is 2. The predicted octanol–water partition coefficient (Wildman–Crippen LogP) is 4.60. The van der Waals surface area contributed by atoms with Crippen LogP contribution in [0.2, 0.25) is 0 Å². The molecule has 162 valence electrons. The Kier molecular flexibility index (Phi) is 6.36. The van der Waals surface area contributed by atoms with E-state index in [0.29, 0.717) is 43.4 Å². The molecule has 7 nitrogen and oxygen atoms in total. The van der Waals surface area contributed by atoms with Gasteiger partial charge in [0, 0.05) is 29.4 Å². The zero-order valence-electron chi connectivity index (χ0n) is 17.6. The fraction of sp³-hybridized carbons (Fsp3) is 0.348. The van der Waals surface area contributed by atoms with Crippen molar-refractivity contribution in [1.82, 2.24) is 9.88 Å². The van der Waals surface area contributed by atoms with Gasteiger partial charge in [-0.25, -0.2) is 4.98 Å². The minimum Gasteiger partial charge on any atom is -0.494 e. The summed E-state index contributed by atoms with van der Waals surface area (Å²) in [6.07, 6.45) is 2.73. The largest absolute Gasteiger partial charge is 0.494 e. The van der Waals surface area contributed by atoms with E-state index in [9.17, 15) is 9.59 Å². The molecule has 1 fully saturated rings. The average Bonchev–Trinajstić information content (AvgIpc) is 3.44. The third-order valence-electron chi connectivity index (χ3n) is 5.35. The highest BCUT2D eigenvalue weighted by atomic mass is 32.1. The van der Waals surface area contributed by atoms with E-state index in [1.54, 1.807) is 17.0 Å². The summed E-state index contributed by atoms with van der Waals surface area (Å²) in [7, 11) is 0. The number of nitrogens with one attached hydrogen (secondary N) is 1. The quantitative estimate of drug-likeness (QED) is 0.607. The molecule has 3 aromatic rings. The minimum absolute atomic E-state index is 0.0444. The van der Waals surface area contributed by atoms with E-state index in [2.05, 4.69) is 10.3 Å². The summed E-state index contributed by atoms with van der Waals surface area (Å²) in [6.45, 7) is 5.64. The van der Waals surface area contributed by atoms with E-state index in [1.165, 1.54) is 17.6 Å². The molecule has 8 heteroatoms. The molecule has 0 atom stereocenters. The van der Waals surface area contributed by atoms with Crippen molar-refractivity contribution < 1.29 is 18.7 Å². The lowest BCUT2D eigenvalue weighted by atomic mass is 9.96. The van der Waals surface area contributed by atoms with Gasteiger partial charge in [0.2, 0.25) is 5.91 Å². The van der Waals surface area contributed by atoms with Gasteiger partial charge in [-0.3, -0.25) is 9.59 Å². The number of benzene rings is 1. The van der Waals surface area contributed by atoms with Crippen LogP contribution in [0.5, 0.6) is 5.75 Å². The first-order valence-electron chi connectivity index (χ1n) is 10.4. The number of carbonyl (C=O) groups is 2. The Labute approximate surface area is 185 Å². The van der Waals surface area contributed by atoms with E-state index in [-0.39, 0.29) is 17.7 Å². The van der Waals surface area contributed by atoms with Crippen LogP contribution in [0.15, 0.2) is 47.1 Å². The third kappa shape index (κ3) is 4.80. The van der Waals surface area contributed by atoms with Crippen LogP contribution in [0.3, 0.4) is 0 Å². The van der Waals surface area contributed by atoms with Gasteiger partial charge in [0.1, 0.15) is 5.75 Å². The topological polar surface area (TPSA) is 84.7 Å². The molecule has 0 bridgehead atoms. The SMILES string of the molecule is CCOc1ccc(-c2nc(NC(=O)C3CCN(C(=O)c4ccco4)CC3)sc2C)cc1. The zero-order valence-corrected chi connectivity index (χ0v) is 18.4. The van der Waals surface area contributed by atoms with Gasteiger partial charge >= 0.3 is 0 Å². The third-order valence-corrected chi connectivity index (χ3v) is 6.24. The Bertz CT molecular complexity index is 1040. The highest BCUT2D eigenvalue weighted by Crippen LogP contribution is 2.32. The lowest BCUT2D eigenvalue weighted by Gasteiger charge is -2.30. The number of anilines is 1. The number of carbonyl (C=O) groups excluding carboxylic acids is 2. The molecule has 4 rings (SSSR count). The van der Waals surface area contributed by atoms with Gasteiger partial charge in [0.05, 0.1) is 18.6 Å². The van der Waals surface area contributed by atoms with E-state index < -0.39 is 0 Å². The van der Waals surface area contributed by atoms with Crippen molar-refractivity contribution in [3.05, 3.63) is 53.3 Å². The number of hydrogen-bond acceptors (Lipinski definition) is 6. The van der Waals surface area contributed by atoms with Crippen molar-refractivity contribution >= 4 is 28.3 Å². The number of likely N-dealkylation sites (tertiary alicyclic amines) is 1. The fourth-order valence-corrected chi connectivity index (χ4v) is 4.54. The molecule has 1 saturated heterocycles. The van der Waals surface area contributed by atoms with E-state index in [0.717, 1.165) is 21.9 Å². The van der Waals surface area contributed by atoms with Gasteiger partial charge in [0.15, 0.2) is 10.9 Å². The summed E-state index contributed by atoms with van der Waals surface area (Å²) in [6, 6.07) is 11.2. The predicted molar refractivity (Wildman–Crippen MR) is 119 cm³/mol. The van der Waals surface area contributed by atoms with Crippen LogP contribution in [-0.2, 0) is 4.79 Å². The maximum Gasteiger partial charge on any atom is 0.289 e. The van der Waals surface area contributed by atoms with Crippen molar-refractivity contribution in [3.8, 4) is 17.0 Å². The van der Waals surface area contributed by atoms with Crippen molar-refractivity contribution in [2.24, 2.45) is 5.92 Å². The van der Waals surface area contributed by atoms with Crippen LogP contribution in [0.1, 0.15) is 35.2 Å². The Balaban J connectivity index is 1.35. The number of hydrogen-bond donors (Lipinski definition) is 1. The highest BCUT2D eigenvalue weighted by molar-refractivity contribution is 7.16. The van der Waals surface area contributed by atoms with Crippen LogP contribution in [0.4, 0.5) is 5.13 Å². The van der Waals surface area contributed by atoms with Gasteiger partial charge in [-0.2, -0.15) is 0 Å². The van der Waals surface area contributed by atoms with Gasteiger partial charge in [-0.1, -0.05) is 0 Å². The maximum absolute atomic E-state index is 12.8. The molecule has 0 saturated carbocycles. The second-order valence-electron chi connectivity index (χ2n) is 7.41. The molecule has 1 aromatic carbocycles. The van der Waals surface area contributed by atoms with Gasteiger partial charge in [0.25, 0.3) is 5.91 Å². The standard InChI is InChI=1S/C23H25N3O4S/c1-3-29-18-8-6-16(7-9-18)20-15(2)31-23(24-20)25-21(27)17-10-12-26(13-11-17)22(28)19-5-4-14-30-19/h4-9,14,17H,3,10-13H2,1-2H3,(H,24,25,27). The summed E-state index contributed by atoms with van der Waals surface area (Å²) in [5.41, 5.74) is 1.85. The number of ether oxygens (including phenoxy) is 1. The van der Waals surface area contributed by atoms with Gasteiger partial charge in [-0.15, -0.1) is 11.3 Å². The molecule has 0 radical (unpaired) electrons. The van der Waals surface area contributed by atoms with E-state index in [1.807, 2.05) is 38.1 Å². The molecule has 2 aromatic heterocycles. The summed E-state index contributed by atoms with van der Waals surface area (Å²) in [5.74, 6) is 0.850. The highest BCUT2D eigenvalue weighted by Gasteiger charge is 2.29. The second-order valence-corrected chi connectivity index (χ2v) is 8.62. The molecular weight excluding hydrogens is 414 g/mol. The van der Waals surface area contributed by atoms with Crippen LogP contribution >= 0.6 is 11.3 Å². The first kappa shape index (κ1) is 21.1. The molecule has 1 aliphatic heterocycles. The summed E-state index contributed by atoms with van der Waals surface area (Å²) < 4.78 is 10.7. The first-order chi connectivity index (χ1) is 15.0. The molecule has 0 aliphatic carbocycles. The normalized spacial score (nSPS) is 14.5. The number of thiazole rings is 1. The minimum atomic E-state index is -0.140. The summed E-state index contributed by atoms with van der Waals surface area (Å²) in [4.78, 5) is 32.6. The number of furan rings is 1. The summed E-state index contributed by atoms with van der Waals surface area (Å²) >= 11 is 1.47. The second kappa shape index (κ2) is 9.34. The average molecular weight is 440 g/mol.